The number of aliphatic carboxylic acids is 1. The molecule has 1 aliphatic carbocycles. The third-order valence-electron chi connectivity index (χ3n) is 3.08. The quantitative estimate of drug-likeness (QED) is 0.761. The maximum Gasteiger partial charge on any atom is 0.307 e. The van der Waals surface area contributed by atoms with Crippen molar-refractivity contribution in [3.05, 3.63) is 35.4 Å². The molecule has 1 N–H and O–H groups in total. The van der Waals surface area contributed by atoms with Gasteiger partial charge in [-0.15, -0.1) is 0 Å². The van der Waals surface area contributed by atoms with Gasteiger partial charge in [-0.1, -0.05) is 31.2 Å². The van der Waals surface area contributed by atoms with E-state index in [4.69, 9.17) is 5.11 Å². The minimum Gasteiger partial charge on any atom is -0.481 e. The van der Waals surface area contributed by atoms with Gasteiger partial charge in [0.05, 0.1) is 5.92 Å². The highest BCUT2D eigenvalue weighted by atomic mass is 16.4. The lowest BCUT2D eigenvalue weighted by atomic mass is 9.75. The topological polar surface area (TPSA) is 54.4 Å². The van der Waals surface area contributed by atoms with Crippen molar-refractivity contribution in [2.45, 2.75) is 19.3 Å². The number of ketones is 1. The first kappa shape index (κ1) is 9.90. The van der Waals surface area contributed by atoms with Crippen LogP contribution in [0.5, 0.6) is 0 Å². The predicted octanol–water partition coefficient (Wildman–Crippen LogP) is 2.08. The molecular weight excluding hydrogens is 192 g/mol. The molecule has 0 heterocycles. The maximum atomic E-state index is 11.7. The minimum atomic E-state index is -0.884. The van der Waals surface area contributed by atoms with Crippen molar-refractivity contribution in [2.24, 2.45) is 5.92 Å². The van der Waals surface area contributed by atoms with E-state index in [9.17, 15) is 9.59 Å². The first-order valence-electron chi connectivity index (χ1n) is 4.96. The summed E-state index contributed by atoms with van der Waals surface area (Å²) in [6, 6.07) is 7.26. The molecule has 0 aliphatic heterocycles. The third-order valence-corrected chi connectivity index (χ3v) is 3.08. The molecule has 2 atom stereocenters. The van der Waals surface area contributed by atoms with Crippen molar-refractivity contribution < 1.29 is 14.7 Å². The summed E-state index contributed by atoms with van der Waals surface area (Å²) < 4.78 is 0. The second-order valence-corrected chi connectivity index (χ2v) is 3.95. The highest BCUT2D eigenvalue weighted by Crippen LogP contribution is 2.35. The average Bonchev–Trinajstić information content (AvgIpc) is 2.23. The van der Waals surface area contributed by atoms with Gasteiger partial charge in [0.1, 0.15) is 0 Å². The number of carbonyl (C=O) groups excluding carboxylic acids is 1. The number of benzene rings is 1. The Bertz CT molecular complexity index is 423. The number of carboxylic acid groups (broad SMARTS) is 1. The molecule has 1 aliphatic rings. The summed E-state index contributed by atoms with van der Waals surface area (Å²) in [4.78, 5) is 22.7. The fraction of sp³-hybridized carbons (Fsp3) is 0.333. The molecule has 1 aromatic carbocycles. The highest BCUT2D eigenvalue weighted by Gasteiger charge is 2.35. The van der Waals surface area contributed by atoms with Crippen LogP contribution in [0.3, 0.4) is 0 Å². The van der Waals surface area contributed by atoms with Crippen LogP contribution in [0.15, 0.2) is 24.3 Å². The van der Waals surface area contributed by atoms with Crippen LogP contribution in [0.1, 0.15) is 35.2 Å². The summed E-state index contributed by atoms with van der Waals surface area (Å²) in [6.45, 7) is 1.87. The van der Waals surface area contributed by atoms with Crippen molar-refractivity contribution in [1.29, 1.82) is 0 Å². The zero-order valence-electron chi connectivity index (χ0n) is 8.43. The van der Waals surface area contributed by atoms with Crippen LogP contribution in [0.4, 0.5) is 0 Å². The molecule has 15 heavy (non-hydrogen) atoms. The van der Waals surface area contributed by atoms with E-state index in [-0.39, 0.29) is 18.1 Å². The van der Waals surface area contributed by atoms with Crippen LogP contribution in [-0.2, 0) is 4.79 Å². The zero-order chi connectivity index (χ0) is 11.0. The van der Waals surface area contributed by atoms with Crippen LogP contribution in [0.25, 0.3) is 0 Å². The van der Waals surface area contributed by atoms with Crippen LogP contribution in [-0.4, -0.2) is 16.9 Å². The molecule has 0 aromatic heterocycles. The number of carboxylic acids is 1. The van der Waals surface area contributed by atoms with Crippen LogP contribution >= 0.6 is 0 Å². The van der Waals surface area contributed by atoms with Gasteiger partial charge in [-0.25, -0.2) is 0 Å². The summed E-state index contributed by atoms with van der Waals surface area (Å²) in [5.41, 5.74) is 1.55. The summed E-state index contributed by atoms with van der Waals surface area (Å²) in [7, 11) is 0. The van der Waals surface area contributed by atoms with Gasteiger partial charge in [-0.3, -0.25) is 9.59 Å². The Morgan fingerprint density at radius 3 is 2.73 bits per heavy atom. The Kier molecular flexibility index (Phi) is 2.31. The van der Waals surface area contributed by atoms with E-state index in [0.717, 1.165) is 5.56 Å². The monoisotopic (exact) mass is 204 g/mol. The number of hydrogen-bond acceptors (Lipinski definition) is 2. The second-order valence-electron chi connectivity index (χ2n) is 3.95. The Labute approximate surface area is 87.7 Å². The smallest absolute Gasteiger partial charge is 0.307 e. The summed E-state index contributed by atoms with van der Waals surface area (Å²) in [5, 5.41) is 9.00. The van der Waals surface area contributed by atoms with E-state index in [1.54, 1.807) is 6.07 Å². The van der Waals surface area contributed by atoms with E-state index in [1.165, 1.54) is 0 Å². The first-order valence-corrected chi connectivity index (χ1v) is 4.96. The molecule has 0 saturated heterocycles. The van der Waals surface area contributed by atoms with Gasteiger partial charge in [0, 0.05) is 12.0 Å². The molecule has 2 rings (SSSR count). The van der Waals surface area contributed by atoms with E-state index in [0.29, 0.717) is 5.56 Å². The number of carbonyl (C=O) groups is 2. The van der Waals surface area contributed by atoms with Gasteiger partial charge < -0.3 is 5.11 Å². The molecule has 0 amide bonds. The van der Waals surface area contributed by atoms with E-state index >= 15 is 0 Å². The molecule has 3 heteroatoms. The molecular formula is C12H12O3. The summed E-state index contributed by atoms with van der Waals surface area (Å²) in [5.74, 6) is -1.61. The van der Waals surface area contributed by atoms with Crippen molar-refractivity contribution in [3.8, 4) is 0 Å². The standard InChI is InChI=1S/C12H12O3/c1-7-8-4-2-3-5-9(8)11(13)6-10(7)12(14)15/h2-5,7,10H,6H2,1H3,(H,14,15). The van der Waals surface area contributed by atoms with E-state index in [2.05, 4.69) is 0 Å². The lowest BCUT2D eigenvalue weighted by Gasteiger charge is -2.27. The molecule has 0 saturated carbocycles. The first-order chi connectivity index (χ1) is 7.11. The van der Waals surface area contributed by atoms with Crippen LogP contribution in [0.2, 0.25) is 0 Å². The second kappa shape index (κ2) is 3.50. The Morgan fingerprint density at radius 2 is 2.07 bits per heavy atom. The van der Waals surface area contributed by atoms with E-state index < -0.39 is 11.9 Å². The Hall–Kier alpha value is -1.64. The molecule has 3 nitrogen and oxygen atoms in total. The van der Waals surface area contributed by atoms with Crippen LogP contribution in [0, 0.1) is 5.92 Å². The molecule has 0 fully saturated rings. The van der Waals surface area contributed by atoms with Crippen molar-refractivity contribution in [2.75, 3.05) is 0 Å². The normalized spacial score (nSPS) is 24.7. The van der Waals surface area contributed by atoms with Crippen molar-refractivity contribution in [3.63, 3.8) is 0 Å². The minimum absolute atomic E-state index is 0.0592. The lowest BCUT2D eigenvalue weighted by molar-refractivity contribution is -0.142. The lowest BCUT2D eigenvalue weighted by Crippen LogP contribution is -2.29. The summed E-state index contributed by atoms with van der Waals surface area (Å²) >= 11 is 0. The molecule has 1 aromatic rings. The van der Waals surface area contributed by atoms with Crippen LogP contribution < -0.4 is 0 Å². The number of hydrogen-bond donors (Lipinski definition) is 1. The molecule has 2 unspecified atom stereocenters. The SMILES string of the molecule is CC1c2ccccc2C(=O)CC1C(=O)O. The zero-order valence-corrected chi connectivity index (χ0v) is 8.43. The van der Waals surface area contributed by atoms with Gasteiger partial charge in [-0.2, -0.15) is 0 Å². The van der Waals surface area contributed by atoms with Gasteiger partial charge >= 0.3 is 5.97 Å². The average molecular weight is 204 g/mol. The maximum absolute atomic E-state index is 11.7. The number of rotatable bonds is 1. The fourth-order valence-corrected chi connectivity index (χ4v) is 2.15. The van der Waals surface area contributed by atoms with Gasteiger partial charge in [0.15, 0.2) is 5.78 Å². The largest absolute Gasteiger partial charge is 0.481 e. The van der Waals surface area contributed by atoms with Crippen molar-refractivity contribution in [1.82, 2.24) is 0 Å². The molecule has 78 valence electrons. The molecule has 0 spiro atoms. The summed E-state index contributed by atoms with van der Waals surface area (Å²) in [6.07, 6.45) is 0.119. The number of fused-ring (bicyclic) bond motifs is 1. The molecule has 0 radical (unpaired) electrons. The van der Waals surface area contributed by atoms with Gasteiger partial charge in [0.25, 0.3) is 0 Å². The van der Waals surface area contributed by atoms with Gasteiger partial charge in [0.2, 0.25) is 0 Å². The third kappa shape index (κ3) is 1.54. The number of Topliss-reactive ketones (excluding diaryl/α,β-unsaturated/α-hetero) is 1. The predicted molar refractivity (Wildman–Crippen MR) is 54.9 cm³/mol. The van der Waals surface area contributed by atoms with Crippen molar-refractivity contribution >= 4 is 11.8 Å². The Balaban J connectivity index is 2.48. The van der Waals surface area contributed by atoms with E-state index in [1.807, 2.05) is 25.1 Å². The molecule has 0 bridgehead atoms. The van der Waals surface area contributed by atoms with Gasteiger partial charge in [-0.05, 0) is 11.5 Å². The Morgan fingerprint density at radius 1 is 1.40 bits per heavy atom. The highest BCUT2D eigenvalue weighted by molar-refractivity contribution is 6.01. The fourth-order valence-electron chi connectivity index (χ4n) is 2.15.